The fourth-order valence-corrected chi connectivity index (χ4v) is 2.78. The molecule has 2 unspecified atom stereocenters. The van der Waals surface area contributed by atoms with Crippen LogP contribution in [0.5, 0.6) is 5.88 Å². The Bertz CT molecular complexity index is 712. The van der Waals surface area contributed by atoms with Crippen LogP contribution in [-0.2, 0) is 4.74 Å². The zero-order valence-corrected chi connectivity index (χ0v) is 13.1. The Kier molecular flexibility index (Phi) is 3.82. The summed E-state index contributed by atoms with van der Waals surface area (Å²) in [5.74, 6) is 0.127. The molecule has 0 spiro atoms. The molecule has 110 valence electrons. The van der Waals surface area contributed by atoms with Crippen molar-refractivity contribution >= 4 is 15.9 Å². The van der Waals surface area contributed by atoms with E-state index in [-0.39, 0.29) is 29.2 Å². The second-order valence-corrected chi connectivity index (χ2v) is 6.09. The first-order chi connectivity index (χ1) is 10.0. The van der Waals surface area contributed by atoms with Crippen LogP contribution < -0.4 is 5.56 Å². The highest BCUT2D eigenvalue weighted by atomic mass is 79.9. The van der Waals surface area contributed by atoms with Gasteiger partial charge in [0.25, 0.3) is 5.56 Å². The number of ether oxygens (including phenoxy) is 1. The number of nitrogens with zero attached hydrogens (tertiary/aromatic N) is 1. The molecule has 1 aromatic heterocycles. The first kappa shape index (κ1) is 14.3. The van der Waals surface area contributed by atoms with E-state index in [4.69, 9.17) is 4.74 Å². The summed E-state index contributed by atoms with van der Waals surface area (Å²) in [5.41, 5.74) is 0.442. The Morgan fingerprint density at radius 1 is 1.33 bits per heavy atom. The second-order valence-electron chi connectivity index (χ2n) is 5.17. The van der Waals surface area contributed by atoms with E-state index in [1.807, 2.05) is 19.1 Å². The van der Waals surface area contributed by atoms with Crippen LogP contribution in [0.25, 0.3) is 11.1 Å². The summed E-state index contributed by atoms with van der Waals surface area (Å²) in [6, 6.07) is 7.13. The minimum absolute atomic E-state index is 0.147. The Labute approximate surface area is 130 Å². The number of halogens is 1. The topological polar surface area (TPSA) is 75.2 Å². The van der Waals surface area contributed by atoms with Crippen LogP contribution in [0.2, 0.25) is 0 Å². The number of benzene rings is 1. The number of hydrogen-bond acceptors (Lipinski definition) is 4. The van der Waals surface area contributed by atoms with Crippen LogP contribution in [0.4, 0.5) is 0 Å². The molecule has 0 bridgehead atoms. The molecule has 1 aromatic carbocycles. The molecular weight excluding hydrogens is 336 g/mol. The Morgan fingerprint density at radius 2 is 2.05 bits per heavy atom. The molecular formula is C15H15BrN2O3. The number of rotatable bonds is 2. The van der Waals surface area contributed by atoms with Crippen molar-refractivity contribution < 1.29 is 9.84 Å². The zero-order valence-electron chi connectivity index (χ0n) is 11.5. The molecule has 1 aliphatic rings. The van der Waals surface area contributed by atoms with Gasteiger partial charge in [-0.2, -0.15) is 4.98 Å². The zero-order chi connectivity index (χ0) is 15.0. The van der Waals surface area contributed by atoms with E-state index in [9.17, 15) is 9.90 Å². The van der Waals surface area contributed by atoms with Gasteiger partial charge in [0.2, 0.25) is 5.88 Å². The van der Waals surface area contributed by atoms with Gasteiger partial charge in [0, 0.05) is 4.47 Å². The Hall–Kier alpha value is -1.66. The molecule has 1 aliphatic heterocycles. The van der Waals surface area contributed by atoms with Gasteiger partial charge in [-0.15, -0.1) is 0 Å². The highest BCUT2D eigenvalue weighted by molar-refractivity contribution is 9.10. The highest BCUT2D eigenvalue weighted by Crippen LogP contribution is 2.32. The van der Waals surface area contributed by atoms with Gasteiger partial charge in [0.1, 0.15) is 17.5 Å². The summed E-state index contributed by atoms with van der Waals surface area (Å²) >= 11 is 3.34. The first-order valence-corrected chi connectivity index (χ1v) is 7.58. The third kappa shape index (κ3) is 2.87. The maximum atomic E-state index is 12.3. The van der Waals surface area contributed by atoms with Crippen LogP contribution in [0, 0.1) is 0 Å². The predicted octanol–water partition coefficient (Wildman–Crippen LogP) is 3.15. The van der Waals surface area contributed by atoms with Gasteiger partial charge in [0.05, 0.1) is 6.10 Å². The monoisotopic (exact) mass is 350 g/mol. The van der Waals surface area contributed by atoms with E-state index in [1.165, 1.54) is 0 Å². The molecule has 2 N–H and O–H groups in total. The summed E-state index contributed by atoms with van der Waals surface area (Å²) < 4.78 is 6.57. The molecule has 21 heavy (non-hydrogen) atoms. The fourth-order valence-electron chi connectivity index (χ4n) is 2.51. The lowest BCUT2D eigenvalue weighted by Gasteiger charge is -2.12. The number of aromatic hydroxyl groups is 1. The molecule has 1 saturated heterocycles. The molecule has 2 heterocycles. The number of hydrogen-bond donors (Lipinski definition) is 2. The maximum Gasteiger partial charge on any atom is 0.262 e. The SMILES string of the molecule is CC1CCC(c2nc(O)c(-c3ccc(Br)cc3)c(=O)[nH]2)O1. The van der Waals surface area contributed by atoms with Gasteiger partial charge < -0.3 is 14.8 Å². The van der Waals surface area contributed by atoms with Crippen LogP contribution in [-0.4, -0.2) is 21.2 Å². The van der Waals surface area contributed by atoms with Crippen molar-refractivity contribution in [3.05, 3.63) is 44.9 Å². The quantitative estimate of drug-likeness (QED) is 0.872. The lowest BCUT2D eigenvalue weighted by atomic mass is 10.1. The minimum atomic E-state index is -0.358. The second kappa shape index (κ2) is 5.61. The molecule has 0 aliphatic carbocycles. The molecule has 5 nitrogen and oxygen atoms in total. The van der Waals surface area contributed by atoms with Crippen LogP contribution in [0.1, 0.15) is 31.7 Å². The number of H-pyrrole nitrogens is 1. The van der Waals surface area contributed by atoms with E-state index < -0.39 is 0 Å². The molecule has 2 aromatic rings. The minimum Gasteiger partial charge on any atom is -0.493 e. The summed E-state index contributed by atoms with van der Waals surface area (Å²) in [6.07, 6.45) is 1.61. The molecule has 6 heteroatoms. The number of aromatic amines is 1. The Balaban J connectivity index is 2.00. The third-order valence-corrected chi connectivity index (χ3v) is 4.12. The highest BCUT2D eigenvalue weighted by Gasteiger charge is 2.26. The van der Waals surface area contributed by atoms with E-state index in [0.29, 0.717) is 11.4 Å². The van der Waals surface area contributed by atoms with Crippen LogP contribution in [0.3, 0.4) is 0 Å². The van der Waals surface area contributed by atoms with E-state index >= 15 is 0 Å². The normalized spacial score (nSPS) is 21.6. The summed E-state index contributed by atoms with van der Waals surface area (Å²) in [4.78, 5) is 19.1. The van der Waals surface area contributed by atoms with E-state index in [2.05, 4.69) is 25.9 Å². The number of aromatic nitrogens is 2. The predicted molar refractivity (Wildman–Crippen MR) is 82.2 cm³/mol. The molecule has 0 radical (unpaired) electrons. The third-order valence-electron chi connectivity index (χ3n) is 3.59. The number of nitrogens with one attached hydrogen (secondary N) is 1. The average Bonchev–Trinajstić information content (AvgIpc) is 2.87. The van der Waals surface area contributed by atoms with E-state index in [1.54, 1.807) is 12.1 Å². The molecule has 3 rings (SSSR count). The van der Waals surface area contributed by atoms with Gasteiger partial charge in [-0.3, -0.25) is 4.79 Å². The standard InChI is InChI=1S/C15H15BrN2O3/c1-8-2-7-11(21-8)13-17-14(19)12(15(20)18-13)9-3-5-10(16)6-4-9/h3-6,8,11H,2,7H2,1H3,(H2,17,18,19,20). The average molecular weight is 351 g/mol. The van der Waals surface area contributed by atoms with Gasteiger partial charge in [0.15, 0.2) is 0 Å². The lowest BCUT2D eigenvalue weighted by Crippen LogP contribution is -2.16. The van der Waals surface area contributed by atoms with Gasteiger partial charge in [-0.1, -0.05) is 28.1 Å². The van der Waals surface area contributed by atoms with Crippen molar-refractivity contribution in [3.63, 3.8) is 0 Å². The summed E-state index contributed by atoms with van der Waals surface area (Å²) in [5, 5.41) is 10.1. The fraction of sp³-hybridized carbons (Fsp3) is 0.333. The molecule has 1 fully saturated rings. The Morgan fingerprint density at radius 3 is 2.62 bits per heavy atom. The largest absolute Gasteiger partial charge is 0.493 e. The van der Waals surface area contributed by atoms with E-state index in [0.717, 1.165) is 17.3 Å². The van der Waals surface area contributed by atoms with Gasteiger partial charge in [-0.25, -0.2) is 0 Å². The molecule has 0 saturated carbocycles. The molecule has 2 atom stereocenters. The van der Waals surface area contributed by atoms with Crippen LogP contribution in [0.15, 0.2) is 33.5 Å². The summed E-state index contributed by atoms with van der Waals surface area (Å²) in [6.45, 7) is 1.98. The smallest absolute Gasteiger partial charge is 0.262 e. The maximum absolute atomic E-state index is 12.3. The lowest BCUT2D eigenvalue weighted by molar-refractivity contribution is 0.0498. The van der Waals surface area contributed by atoms with Crippen molar-refractivity contribution in [1.82, 2.24) is 9.97 Å². The van der Waals surface area contributed by atoms with Crippen molar-refractivity contribution in [2.75, 3.05) is 0 Å². The molecule has 0 amide bonds. The van der Waals surface area contributed by atoms with Crippen molar-refractivity contribution in [2.24, 2.45) is 0 Å². The first-order valence-electron chi connectivity index (χ1n) is 6.79. The van der Waals surface area contributed by atoms with Crippen molar-refractivity contribution in [3.8, 4) is 17.0 Å². The summed E-state index contributed by atoms with van der Waals surface area (Å²) in [7, 11) is 0. The van der Waals surface area contributed by atoms with Crippen LogP contribution >= 0.6 is 15.9 Å². The van der Waals surface area contributed by atoms with Gasteiger partial charge >= 0.3 is 0 Å². The van der Waals surface area contributed by atoms with Gasteiger partial charge in [-0.05, 0) is 37.5 Å². The van der Waals surface area contributed by atoms with Crippen molar-refractivity contribution in [2.45, 2.75) is 32.0 Å². The van der Waals surface area contributed by atoms with Crippen molar-refractivity contribution in [1.29, 1.82) is 0 Å².